The number of esters is 1. The van der Waals surface area contributed by atoms with Crippen molar-refractivity contribution >= 4 is 29.6 Å². The molecule has 1 aromatic carbocycles. The summed E-state index contributed by atoms with van der Waals surface area (Å²) in [6.07, 6.45) is 28.4. The maximum absolute atomic E-state index is 13.0. The van der Waals surface area contributed by atoms with E-state index in [0.29, 0.717) is 24.7 Å². The molecule has 324 valence electrons. The molecule has 6 rings (SSSR count). The summed E-state index contributed by atoms with van der Waals surface area (Å²) in [4.78, 5) is 58.4. The lowest BCUT2D eigenvalue weighted by molar-refractivity contribution is -0.158. The van der Waals surface area contributed by atoms with Crippen molar-refractivity contribution in [1.82, 2.24) is 5.32 Å². The summed E-state index contributed by atoms with van der Waals surface area (Å²) in [6, 6.07) is 10.8. The predicted molar refractivity (Wildman–Crippen MR) is 233 cm³/mol. The van der Waals surface area contributed by atoms with Crippen LogP contribution in [0.25, 0.3) is 0 Å². The standard InChI is InChI=1S/C25H32O7.C16H22.C9H17NO/c1-14(32-23(29)30)22(28)31-13-21(27)20-7-6-18-17-5-4-15-12-16(26)8-10-24(15,2)19(17)9-11-25(18,20)3;1-3-9-15(10-4-1)11-5-2-6-12-16-13-7-8-14-16;1-3-5-6-7-8-9(11)10-4-2/h9,12,14,17-18,20H,4-8,10-11,13H2,1-3H3,(H,29,30);1,3-4,6,9-10,12,16H,2,5,7-8,11,13-14H2;3,5H,4,6-8H2,1-2H3,(H,10,11)/b;12-6+;5-3-. The molecule has 0 aromatic heterocycles. The van der Waals surface area contributed by atoms with Gasteiger partial charge in [-0.1, -0.05) is 98.5 Å². The van der Waals surface area contributed by atoms with Crippen LogP contribution in [0, 0.1) is 34.5 Å². The van der Waals surface area contributed by atoms with Crippen molar-refractivity contribution in [2.75, 3.05) is 13.2 Å². The van der Waals surface area contributed by atoms with Gasteiger partial charge in [-0.15, -0.1) is 0 Å². The number of hydrogen-bond acceptors (Lipinski definition) is 7. The van der Waals surface area contributed by atoms with Crippen LogP contribution >= 0.6 is 0 Å². The third kappa shape index (κ3) is 13.6. The second-order valence-electron chi connectivity index (χ2n) is 17.6. The van der Waals surface area contributed by atoms with Crippen LogP contribution in [0.2, 0.25) is 0 Å². The van der Waals surface area contributed by atoms with Gasteiger partial charge in [-0.3, -0.25) is 14.4 Å². The lowest BCUT2D eigenvalue weighted by Crippen LogP contribution is -2.46. The van der Waals surface area contributed by atoms with Crippen LogP contribution in [0.5, 0.6) is 0 Å². The third-order valence-corrected chi connectivity index (χ3v) is 13.6. The molecule has 0 bridgehead atoms. The Morgan fingerprint density at radius 2 is 1.69 bits per heavy atom. The minimum absolute atomic E-state index is 0.0317. The molecule has 1 amide bonds. The predicted octanol–water partition coefficient (Wildman–Crippen LogP) is 10.9. The number of ether oxygens (including phenoxy) is 2. The first-order valence-corrected chi connectivity index (χ1v) is 22.4. The Kier molecular flexibility index (Phi) is 18.9. The molecule has 0 heterocycles. The summed E-state index contributed by atoms with van der Waals surface area (Å²) in [6.45, 7) is 10.1. The van der Waals surface area contributed by atoms with E-state index >= 15 is 0 Å². The molecular weight excluding hydrogens is 743 g/mol. The van der Waals surface area contributed by atoms with Crippen molar-refractivity contribution in [2.24, 2.45) is 34.5 Å². The molecule has 0 radical (unpaired) electrons. The van der Waals surface area contributed by atoms with Crippen LogP contribution in [0.3, 0.4) is 0 Å². The number of unbranched alkanes of at least 4 members (excludes halogenated alkanes) is 2. The fourth-order valence-corrected chi connectivity index (χ4v) is 10.3. The SMILES string of the molecule is C(=C\C1CCCC1)/CCCc1ccccc1.C/C=C\CCCC(=O)NCC.CC(OC(=O)O)C(=O)OCC(=O)C1CCC2C3CCC4=CC(=O)CCC4(C)C3=CCC12C. The van der Waals surface area contributed by atoms with Gasteiger partial charge in [0.05, 0.1) is 0 Å². The molecule has 59 heavy (non-hydrogen) atoms. The third-order valence-electron chi connectivity index (χ3n) is 13.6. The van der Waals surface area contributed by atoms with Gasteiger partial charge >= 0.3 is 12.1 Å². The minimum Gasteiger partial charge on any atom is -0.455 e. The minimum atomic E-state index is -1.56. The molecule has 0 saturated heterocycles. The molecule has 0 spiro atoms. The van der Waals surface area contributed by atoms with Gasteiger partial charge in [-0.2, -0.15) is 0 Å². The smallest absolute Gasteiger partial charge is 0.455 e. The molecule has 5 aliphatic rings. The summed E-state index contributed by atoms with van der Waals surface area (Å²) >= 11 is 0. The van der Waals surface area contributed by atoms with Crippen molar-refractivity contribution in [3.63, 3.8) is 0 Å². The van der Waals surface area contributed by atoms with Crippen LogP contribution in [-0.2, 0) is 35.1 Å². The number of allylic oxidation sites excluding steroid dienone is 8. The molecule has 6 atom stereocenters. The Balaban J connectivity index is 0.000000236. The molecule has 0 aliphatic heterocycles. The summed E-state index contributed by atoms with van der Waals surface area (Å²) in [5.41, 5.74) is 4.00. The molecular formula is C50H71NO8. The van der Waals surface area contributed by atoms with E-state index in [1.807, 2.05) is 26.0 Å². The monoisotopic (exact) mass is 814 g/mol. The number of aryl methyl sites for hydroxylation is 1. The van der Waals surface area contributed by atoms with Crippen molar-refractivity contribution in [3.05, 3.63) is 83.5 Å². The largest absolute Gasteiger partial charge is 0.506 e. The van der Waals surface area contributed by atoms with E-state index in [4.69, 9.17) is 9.84 Å². The molecule has 5 aliphatic carbocycles. The summed E-state index contributed by atoms with van der Waals surface area (Å²) < 4.78 is 9.47. The summed E-state index contributed by atoms with van der Waals surface area (Å²) in [7, 11) is 0. The highest BCUT2D eigenvalue weighted by molar-refractivity contribution is 5.92. The number of carbonyl (C=O) groups excluding carboxylic acids is 4. The number of amides is 1. The normalized spacial score (nSPS) is 26.5. The molecule has 3 fully saturated rings. The lowest BCUT2D eigenvalue weighted by Gasteiger charge is -2.53. The second kappa shape index (κ2) is 23.5. The van der Waals surface area contributed by atoms with Crippen LogP contribution in [0.4, 0.5) is 4.79 Å². The first kappa shape index (κ1) is 47.4. The Morgan fingerprint density at radius 3 is 2.39 bits per heavy atom. The van der Waals surface area contributed by atoms with E-state index in [0.717, 1.165) is 63.8 Å². The highest BCUT2D eigenvalue weighted by atomic mass is 16.7. The van der Waals surface area contributed by atoms with E-state index in [1.54, 1.807) is 0 Å². The number of carbonyl (C=O) groups is 5. The first-order chi connectivity index (χ1) is 28.3. The van der Waals surface area contributed by atoms with Gasteiger partial charge in [0.15, 0.2) is 17.7 Å². The van der Waals surface area contributed by atoms with Crippen molar-refractivity contribution < 1.29 is 38.6 Å². The molecule has 6 unspecified atom stereocenters. The van der Waals surface area contributed by atoms with Gasteiger partial charge in [0, 0.05) is 30.7 Å². The highest BCUT2D eigenvalue weighted by Crippen LogP contribution is 2.64. The van der Waals surface area contributed by atoms with Crippen LogP contribution in [0.15, 0.2) is 77.9 Å². The van der Waals surface area contributed by atoms with Crippen molar-refractivity contribution in [1.29, 1.82) is 0 Å². The van der Waals surface area contributed by atoms with Gasteiger partial charge in [-0.05, 0) is 139 Å². The average Bonchev–Trinajstić information content (AvgIpc) is 3.87. The molecule has 2 N–H and O–H groups in total. The maximum Gasteiger partial charge on any atom is 0.506 e. The molecule has 3 saturated carbocycles. The van der Waals surface area contributed by atoms with E-state index in [1.165, 1.54) is 68.6 Å². The number of rotatable bonds is 15. The second-order valence-corrected chi connectivity index (χ2v) is 17.6. The van der Waals surface area contributed by atoms with Crippen LogP contribution in [0.1, 0.15) is 143 Å². The number of Topliss-reactive ketones (excluding diaryl/α,β-unsaturated/α-hetero) is 1. The van der Waals surface area contributed by atoms with E-state index in [9.17, 15) is 24.0 Å². The summed E-state index contributed by atoms with van der Waals surface area (Å²) in [5.74, 6) is 0.985. The van der Waals surface area contributed by atoms with Gasteiger partial charge in [0.2, 0.25) is 5.91 Å². The molecule has 9 heteroatoms. The first-order valence-electron chi connectivity index (χ1n) is 22.4. The fourth-order valence-electron chi connectivity index (χ4n) is 10.3. The van der Waals surface area contributed by atoms with Gasteiger partial charge in [0.1, 0.15) is 6.61 Å². The fraction of sp³-hybridized carbons (Fsp3) is 0.620. The Bertz CT molecular complexity index is 1690. The summed E-state index contributed by atoms with van der Waals surface area (Å²) in [5, 5.41) is 11.4. The van der Waals surface area contributed by atoms with Crippen LogP contribution in [-0.4, -0.2) is 54.0 Å². The van der Waals surface area contributed by atoms with Gasteiger partial charge < -0.3 is 19.9 Å². The topological polar surface area (TPSA) is 136 Å². The zero-order chi connectivity index (χ0) is 42.8. The number of nitrogens with one attached hydrogen (secondary N) is 1. The number of fused-ring (bicyclic) bond motifs is 5. The van der Waals surface area contributed by atoms with E-state index in [2.05, 4.69) is 78.5 Å². The van der Waals surface area contributed by atoms with Crippen molar-refractivity contribution in [2.45, 2.75) is 150 Å². The Labute approximate surface area is 353 Å². The Morgan fingerprint density at radius 1 is 0.966 bits per heavy atom. The van der Waals surface area contributed by atoms with E-state index < -0.39 is 18.2 Å². The van der Waals surface area contributed by atoms with Gasteiger partial charge in [-0.25, -0.2) is 9.59 Å². The zero-order valence-corrected chi connectivity index (χ0v) is 36.5. The number of benzene rings is 1. The van der Waals surface area contributed by atoms with Crippen LogP contribution < -0.4 is 5.32 Å². The van der Waals surface area contributed by atoms with Crippen molar-refractivity contribution in [3.8, 4) is 0 Å². The Hall–Kier alpha value is -4.27. The molecule has 9 nitrogen and oxygen atoms in total. The number of ketones is 2. The highest BCUT2D eigenvalue weighted by Gasteiger charge is 2.57. The lowest BCUT2D eigenvalue weighted by atomic mass is 9.51. The van der Waals surface area contributed by atoms with E-state index in [-0.39, 0.29) is 40.8 Å². The molecule has 1 aromatic rings. The maximum atomic E-state index is 13.0. The number of hydrogen-bond donors (Lipinski definition) is 2. The average molecular weight is 814 g/mol. The zero-order valence-electron chi connectivity index (χ0n) is 36.5. The quantitative estimate of drug-likeness (QED) is 0.101. The number of carboxylic acid groups (broad SMARTS) is 1. The van der Waals surface area contributed by atoms with Gasteiger partial charge in [0.25, 0.3) is 0 Å².